The number of hydrogen-bond acceptors (Lipinski definition) is 6. The van der Waals surface area contributed by atoms with E-state index in [1.54, 1.807) is 11.1 Å². The van der Waals surface area contributed by atoms with Gasteiger partial charge in [0.2, 0.25) is 0 Å². The Labute approximate surface area is 129 Å². The van der Waals surface area contributed by atoms with Gasteiger partial charge in [-0.2, -0.15) is 0 Å². The van der Waals surface area contributed by atoms with Gasteiger partial charge in [-0.05, 0) is 33.1 Å². The molecule has 0 saturated carbocycles. The number of aromatic nitrogens is 2. The van der Waals surface area contributed by atoms with Gasteiger partial charge in [-0.3, -0.25) is 4.98 Å². The van der Waals surface area contributed by atoms with Crippen LogP contribution in [0, 0.1) is 5.92 Å². The SMILES string of the molecule is COC(=O)c1cnc(CC2CN(C(=O)OC(C)(C)C)C2)cn1. The lowest BCUT2D eigenvalue weighted by molar-refractivity contribution is -0.00104. The Hall–Kier alpha value is -2.18. The van der Waals surface area contributed by atoms with Crippen molar-refractivity contribution in [3.63, 3.8) is 0 Å². The summed E-state index contributed by atoms with van der Waals surface area (Å²) in [6.07, 6.45) is 3.41. The van der Waals surface area contributed by atoms with Crippen LogP contribution in [-0.2, 0) is 15.9 Å². The molecule has 1 aliphatic rings. The quantitative estimate of drug-likeness (QED) is 0.790. The Morgan fingerprint density at radius 2 is 1.95 bits per heavy atom. The van der Waals surface area contributed by atoms with Crippen molar-refractivity contribution in [2.45, 2.75) is 32.8 Å². The van der Waals surface area contributed by atoms with Gasteiger partial charge in [-0.1, -0.05) is 0 Å². The molecule has 1 fully saturated rings. The molecule has 0 atom stereocenters. The molecular weight excluding hydrogens is 286 g/mol. The fourth-order valence-corrected chi connectivity index (χ4v) is 2.14. The fourth-order valence-electron chi connectivity index (χ4n) is 2.14. The van der Waals surface area contributed by atoms with E-state index in [1.807, 2.05) is 20.8 Å². The van der Waals surface area contributed by atoms with Crippen LogP contribution in [0.3, 0.4) is 0 Å². The number of rotatable bonds is 3. The van der Waals surface area contributed by atoms with Gasteiger partial charge in [0.05, 0.1) is 19.0 Å². The number of methoxy groups -OCH3 is 1. The van der Waals surface area contributed by atoms with E-state index < -0.39 is 11.6 Å². The number of esters is 1. The molecule has 1 saturated heterocycles. The van der Waals surface area contributed by atoms with E-state index in [0.29, 0.717) is 25.4 Å². The second-order valence-electron chi connectivity index (χ2n) is 6.34. The number of ether oxygens (including phenoxy) is 2. The highest BCUT2D eigenvalue weighted by molar-refractivity contribution is 5.86. The summed E-state index contributed by atoms with van der Waals surface area (Å²) in [7, 11) is 1.30. The molecule has 1 aliphatic heterocycles. The number of amides is 1. The Kier molecular flexibility index (Phi) is 4.63. The molecule has 1 aromatic heterocycles. The average Bonchev–Trinajstić information content (AvgIpc) is 2.40. The van der Waals surface area contributed by atoms with Crippen molar-refractivity contribution in [1.82, 2.24) is 14.9 Å². The molecule has 22 heavy (non-hydrogen) atoms. The van der Waals surface area contributed by atoms with Gasteiger partial charge in [0.1, 0.15) is 5.60 Å². The Morgan fingerprint density at radius 1 is 1.27 bits per heavy atom. The van der Waals surface area contributed by atoms with Crippen molar-refractivity contribution in [2.75, 3.05) is 20.2 Å². The minimum Gasteiger partial charge on any atom is -0.464 e. The van der Waals surface area contributed by atoms with Crippen molar-refractivity contribution in [1.29, 1.82) is 0 Å². The second kappa shape index (κ2) is 6.29. The summed E-state index contributed by atoms with van der Waals surface area (Å²) in [6.45, 7) is 6.84. The topological polar surface area (TPSA) is 81.6 Å². The van der Waals surface area contributed by atoms with E-state index in [1.165, 1.54) is 13.3 Å². The van der Waals surface area contributed by atoms with Gasteiger partial charge in [0.25, 0.3) is 0 Å². The van der Waals surface area contributed by atoms with E-state index in [9.17, 15) is 9.59 Å². The van der Waals surface area contributed by atoms with Gasteiger partial charge in [-0.15, -0.1) is 0 Å². The zero-order valence-corrected chi connectivity index (χ0v) is 13.3. The van der Waals surface area contributed by atoms with E-state index in [2.05, 4.69) is 14.7 Å². The second-order valence-corrected chi connectivity index (χ2v) is 6.34. The maximum Gasteiger partial charge on any atom is 0.410 e. The highest BCUT2D eigenvalue weighted by Crippen LogP contribution is 2.22. The molecule has 0 bridgehead atoms. The monoisotopic (exact) mass is 307 g/mol. The zero-order valence-electron chi connectivity index (χ0n) is 13.3. The molecule has 0 N–H and O–H groups in total. The predicted octanol–water partition coefficient (Wildman–Crippen LogP) is 1.67. The summed E-state index contributed by atoms with van der Waals surface area (Å²) >= 11 is 0. The third-order valence-corrected chi connectivity index (χ3v) is 3.21. The molecule has 120 valence electrons. The first-order valence-electron chi connectivity index (χ1n) is 7.15. The smallest absolute Gasteiger partial charge is 0.410 e. The van der Waals surface area contributed by atoms with Crippen molar-refractivity contribution >= 4 is 12.1 Å². The minimum atomic E-state index is -0.501. The summed E-state index contributed by atoms with van der Waals surface area (Å²) in [4.78, 5) is 33.0. The maximum atomic E-state index is 11.8. The first-order valence-corrected chi connectivity index (χ1v) is 7.15. The summed E-state index contributed by atoms with van der Waals surface area (Å²) in [5, 5.41) is 0. The molecule has 2 rings (SSSR count). The minimum absolute atomic E-state index is 0.190. The molecule has 1 aromatic rings. The van der Waals surface area contributed by atoms with E-state index in [4.69, 9.17) is 4.74 Å². The van der Waals surface area contributed by atoms with Crippen LogP contribution in [0.1, 0.15) is 37.0 Å². The normalized spacial score (nSPS) is 15.2. The van der Waals surface area contributed by atoms with Crippen LogP contribution >= 0.6 is 0 Å². The lowest BCUT2D eigenvalue weighted by Crippen LogP contribution is -2.52. The molecule has 0 aromatic carbocycles. The van der Waals surface area contributed by atoms with Crippen LogP contribution in [0.4, 0.5) is 4.79 Å². The summed E-state index contributed by atoms with van der Waals surface area (Å²) < 4.78 is 9.87. The first-order chi connectivity index (χ1) is 10.3. The molecule has 7 nitrogen and oxygen atoms in total. The van der Waals surface area contributed by atoms with Gasteiger partial charge >= 0.3 is 12.1 Å². The van der Waals surface area contributed by atoms with Crippen molar-refractivity contribution in [3.8, 4) is 0 Å². The summed E-state index contributed by atoms with van der Waals surface area (Å²) in [5.74, 6) is -0.162. The van der Waals surface area contributed by atoms with E-state index >= 15 is 0 Å². The lowest BCUT2D eigenvalue weighted by atomic mass is 9.95. The number of likely N-dealkylation sites (tertiary alicyclic amines) is 1. The highest BCUT2D eigenvalue weighted by atomic mass is 16.6. The third kappa shape index (κ3) is 4.16. The number of carbonyl (C=O) groups excluding carboxylic acids is 2. The van der Waals surface area contributed by atoms with Crippen LogP contribution in [0.5, 0.6) is 0 Å². The molecule has 1 amide bonds. The first kappa shape index (κ1) is 16.2. The zero-order chi connectivity index (χ0) is 16.3. The summed E-state index contributed by atoms with van der Waals surface area (Å²) in [5.41, 5.74) is 0.508. The Bertz CT molecular complexity index is 545. The standard InChI is InChI=1S/C15H21N3O4/c1-15(2,3)22-14(20)18-8-10(9-18)5-11-6-17-12(7-16-11)13(19)21-4/h6-7,10H,5,8-9H2,1-4H3. The van der Waals surface area contributed by atoms with Gasteiger partial charge < -0.3 is 14.4 Å². The molecule has 0 aliphatic carbocycles. The van der Waals surface area contributed by atoms with Crippen molar-refractivity contribution < 1.29 is 19.1 Å². The lowest BCUT2D eigenvalue weighted by Gasteiger charge is -2.39. The van der Waals surface area contributed by atoms with Crippen LogP contribution in [0.25, 0.3) is 0 Å². The van der Waals surface area contributed by atoms with E-state index in [0.717, 1.165) is 5.69 Å². The molecule has 2 heterocycles. The third-order valence-electron chi connectivity index (χ3n) is 3.21. The van der Waals surface area contributed by atoms with Gasteiger partial charge in [0.15, 0.2) is 5.69 Å². The largest absolute Gasteiger partial charge is 0.464 e. The molecular formula is C15H21N3O4. The van der Waals surface area contributed by atoms with Crippen LogP contribution < -0.4 is 0 Å². The Balaban J connectivity index is 1.80. The number of nitrogens with zero attached hydrogens (tertiary/aromatic N) is 3. The molecule has 7 heteroatoms. The molecule has 0 unspecified atom stereocenters. The summed E-state index contributed by atoms with van der Waals surface area (Å²) in [6, 6.07) is 0. The molecule has 0 radical (unpaired) electrons. The van der Waals surface area contributed by atoms with Crippen LogP contribution in [-0.4, -0.2) is 52.7 Å². The number of carbonyl (C=O) groups is 2. The fraction of sp³-hybridized carbons (Fsp3) is 0.600. The van der Waals surface area contributed by atoms with Gasteiger partial charge in [-0.25, -0.2) is 14.6 Å². The number of hydrogen-bond donors (Lipinski definition) is 0. The van der Waals surface area contributed by atoms with E-state index in [-0.39, 0.29) is 11.8 Å². The van der Waals surface area contributed by atoms with Crippen molar-refractivity contribution in [2.24, 2.45) is 5.92 Å². The average molecular weight is 307 g/mol. The Morgan fingerprint density at radius 3 is 2.45 bits per heavy atom. The van der Waals surface area contributed by atoms with Crippen LogP contribution in [0.15, 0.2) is 12.4 Å². The highest BCUT2D eigenvalue weighted by Gasteiger charge is 2.33. The predicted molar refractivity (Wildman–Crippen MR) is 78.4 cm³/mol. The van der Waals surface area contributed by atoms with Crippen molar-refractivity contribution in [3.05, 3.63) is 23.8 Å². The van der Waals surface area contributed by atoms with Crippen LogP contribution in [0.2, 0.25) is 0 Å². The van der Waals surface area contributed by atoms with Gasteiger partial charge in [0, 0.05) is 19.3 Å². The maximum absolute atomic E-state index is 11.8. The molecule has 0 spiro atoms.